The fourth-order valence-electron chi connectivity index (χ4n) is 0.460. The Labute approximate surface area is 76.8 Å². The van der Waals surface area contributed by atoms with E-state index in [1.54, 1.807) is 0 Å². The van der Waals surface area contributed by atoms with E-state index in [-0.39, 0.29) is 0 Å². The standard InChI is InChI=1S/C4H5BrN2O2S2/c1-11(8,9)7-4-6-2-3(5)10-4/h2H,1H3,(H,6,7). The lowest BCUT2D eigenvalue weighted by Crippen LogP contribution is -2.08. The van der Waals surface area contributed by atoms with Gasteiger partial charge < -0.3 is 0 Å². The van der Waals surface area contributed by atoms with Gasteiger partial charge in [0.15, 0.2) is 5.13 Å². The molecule has 0 aromatic carbocycles. The second-order valence-corrected chi connectivity index (χ2v) is 6.00. The summed E-state index contributed by atoms with van der Waals surface area (Å²) in [5, 5.41) is 0.374. The Kier molecular flexibility index (Phi) is 2.50. The van der Waals surface area contributed by atoms with Crippen LogP contribution < -0.4 is 4.72 Å². The maximum atomic E-state index is 10.7. The van der Waals surface area contributed by atoms with Gasteiger partial charge in [-0.3, -0.25) is 4.72 Å². The lowest BCUT2D eigenvalue weighted by Gasteiger charge is -1.95. The SMILES string of the molecule is CS(=O)(=O)Nc1ncc(Br)s1. The highest BCUT2D eigenvalue weighted by Gasteiger charge is 2.04. The summed E-state index contributed by atoms with van der Waals surface area (Å²) < 4.78 is 24.3. The average Bonchev–Trinajstić information content (AvgIpc) is 2.10. The molecule has 0 unspecified atom stereocenters. The molecule has 0 fully saturated rings. The second kappa shape index (κ2) is 3.08. The fraction of sp³-hybridized carbons (Fsp3) is 0.250. The molecule has 1 N–H and O–H groups in total. The van der Waals surface area contributed by atoms with Crippen LogP contribution in [0.25, 0.3) is 0 Å². The molecule has 62 valence electrons. The Morgan fingerprint density at radius 1 is 1.73 bits per heavy atom. The van der Waals surface area contributed by atoms with Crippen LogP contribution in [0.4, 0.5) is 5.13 Å². The van der Waals surface area contributed by atoms with E-state index in [1.807, 2.05) is 0 Å². The minimum atomic E-state index is -3.19. The summed E-state index contributed by atoms with van der Waals surface area (Å²) >= 11 is 4.39. The molecule has 1 rings (SSSR count). The van der Waals surface area contributed by atoms with E-state index in [0.29, 0.717) is 5.13 Å². The van der Waals surface area contributed by atoms with Crippen molar-refractivity contribution < 1.29 is 8.42 Å². The Balaban J connectivity index is 2.81. The molecule has 0 spiro atoms. The fourth-order valence-corrected chi connectivity index (χ4v) is 2.41. The van der Waals surface area contributed by atoms with Gasteiger partial charge in [0, 0.05) is 0 Å². The zero-order valence-electron chi connectivity index (χ0n) is 5.54. The minimum absolute atomic E-state index is 0.374. The number of thiazole rings is 1. The van der Waals surface area contributed by atoms with Gasteiger partial charge in [-0.25, -0.2) is 13.4 Å². The molecule has 1 aromatic rings. The smallest absolute Gasteiger partial charge is 0.231 e. The third kappa shape index (κ3) is 3.17. The largest absolute Gasteiger partial charge is 0.259 e. The van der Waals surface area contributed by atoms with Crippen molar-refractivity contribution in [3.05, 3.63) is 9.98 Å². The molecule has 0 aliphatic carbocycles. The molecule has 0 aliphatic heterocycles. The zero-order valence-corrected chi connectivity index (χ0v) is 8.75. The quantitative estimate of drug-likeness (QED) is 0.868. The highest BCUT2D eigenvalue weighted by Crippen LogP contribution is 2.23. The number of anilines is 1. The number of hydrogen-bond acceptors (Lipinski definition) is 4. The number of rotatable bonds is 2. The first-order valence-corrected chi connectivity index (χ1v) is 6.06. The summed E-state index contributed by atoms with van der Waals surface area (Å²) in [6.45, 7) is 0. The van der Waals surface area contributed by atoms with Crippen LogP contribution in [0.3, 0.4) is 0 Å². The van der Waals surface area contributed by atoms with E-state index in [9.17, 15) is 8.42 Å². The van der Waals surface area contributed by atoms with Crippen molar-refractivity contribution in [1.29, 1.82) is 0 Å². The summed E-state index contributed by atoms with van der Waals surface area (Å²) in [7, 11) is -3.19. The van der Waals surface area contributed by atoms with Crippen LogP contribution in [-0.4, -0.2) is 19.7 Å². The van der Waals surface area contributed by atoms with Crippen molar-refractivity contribution in [2.75, 3.05) is 11.0 Å². The van der Waals surface area contributed by atoms with Gasteiger partial charge in [-0.05, 0) is 15.9 Å². The van der Waals surface area contributed by atoms with Gasteiger partial charge >= 0.3 is 0 Å². The van der Waals surface area contributed by atoms with Gasteiger partial charge in [-0.1, -0.05) is 11.3 Å². The van der Waals surface area contributed by atoms with Crippen LogP contribution in [0, 0.1) is 0 Å². The first kappa shape index (κ1) is 8.95. The molecular weight excluding hydrogens is 252 g/mol. The molecule has 7 heteroatoms. The molecular formula is C4H5BrN2O2S2. The van der Waals surface area contributed by atoms with Crippen molar-refractivity contribution >= 4 is 42.4 Å². The predicted octanol–water partition coefficient (Wildman–Crippen LogP) is 1.28. The Morgan fingerprint density at radius 3 is 2.73 bits per heavy atom. The normalized spacial score (nSPS) is 11.5. The molecule has 1 heterocycles. The minimum Gasteiger partial charge on any atom is -0.259 e. The van der Waals surface area contributed by atoms with E-state index in [4.69, 9.17) is 0 Å². The molecule has 0 saturated heterocycles. The zero-order chi connectivity index (χ0) is 8.48. The summed E-state index contributed by atoms with van der Waals surface area (Å²) in [5.74, 6) is 0. The molecule has 0 saturated carbocycles. The van der Waals surface area contributed by atoms with E-state index >= 15 is 0 Å². The van der Waals surface area contributed by atoms with E-state index in [1.165, 1.54) is 17.5 Å². The van der Waals surface area contributed by atoms with Crippen LogP contribution >= 0.6 is 27.3 Å². The topological polar surface area (TPSA) is 59.1 Å². The Bertz CT molecular complexity index is 345. The maximum absolute atomic E-state index is 10.7. The molecule has 0 aliphatic rings. The molecule has 0 atom stereocenters. The van der Waals surface area contributed by atoms with Crippen LogP contribution in [0.15, 0.2) is 9.98 Å². The lowest BCUT2D eigenvalue weighted by atomic mass is 11.0. The summed E-state index contributed by atoms with van der Waals surface area (Å²) in [4.78, 5) is 3.78. The Morgan fingerprint density at radius 2 is 2.36 bits per heavy atom. The second-order valence-electron chi connectivity index (χ2n) is 1.84. The number of sulfonamides is 1. The van der Waals surface area contributed by atoms with Crippen LogP contribution in [0.1, 0.15) is 0 Å². The van der Waals surface area contributed by atoms with Gasteiger partial charge in [-0.15, -0.1) is 0 Å². The average molecular weight is 257 g/mol. The van der Waals surface area contributed by atoms with Crippen molar-refractivity contribution in [3.63, 3.8) is 0 Å². The molecule has 0 bridgehead atoms. The maximum Gasteiger partial charge on any atom is 0.231 e. The third-order valence-electron chi connectivity index (χ3n) is 0.750. The van der Waals surface area contributed by atoms with E-state index in [0.717, 1.165) is 10.0 Å². The van der Waals surface area contributed by atoms with Gasteiger partial charge in [-0.2, -0.15) is 0 Å². The monoisotopic (exact) mass is 256 g/mol. The predicted molar refractivity (Wildman–Crippen MR) is 48.3 cm³/mol. The van der Waals surface area contributed by atoms with Crippen molar-refractivity contribution in [1.82, 2.24) is 4.98 Å². The van der Waals surface area contributed by atoms with Crippen molar-refractivity contribution in [3.8, 4) is 0 Å². The van der Waals surface area contributed by atoms with E-state index < -0.39 is 10.0 Å². The van der Waals surface area contributed by atoms with Crippen LogP contribution in [0.2, 0.25) is 0 Å². The first-order valence-electron chi connectivity index (χ1n) is 2.56. The summed E-state index contributed by atoms with van der Waals surface area (Å²) in [6.07, 6.45) is 2.63. The lowest BCUT2D eigenvalue weighted by molar-refractivity contribution is 0.607. The van der Waals surface area contributed by atoms with Crippen molar-refractivity contribution in [2.24, 2.45) is 0 Å². The van der Waals surface area contributed by atoms with Crippen LogP contribution in [0.5, 0.6) is 0 Å². The third-order valence-corrected chi connectivity index (χ3v) is 2.84. The molecule has 0 radical (unpaired) electrons. The summed E-state index contributed by atoms with van der Waals surface area (Å²) in [5.41, 5.74) is 0. The first-order chi connectivity index (χ1) is 4.97. The van der Waals surface area contributed by atoms with Crippen molar-refractivity contribution in [2.45, 2.75) is 0 Å². The summed E-state index contributed by atoms with van der Waals surface area (Å²) in [6, 6.07) is 0. The number of hydrogen-bond donors (Lipinski definition) is 1. The van der Waals surface area contributed by atoms with Gasteiger partial charge in [0.05, 0.1) is 16.2 Å². The van der Waals surface area contributed by atoms with Crippen LogP contribution in [-0.2, 0) is 10.0 Å². The molecule has 4 nitrogen and oxygen atoms in total. The Hall–Kier alpha value is -0.140. The number of halogens is 1. The number of aromatic nitrogens is 1. The number of nitrogens with one attached hydrogen (secondary N) is 1. The highest BCUT2D eigenvalue weighted by molar-refractivity contribution is 9.11. The molecule has 1 aromatic heterocycles. The highest BCUT2D eigenvalue weighted by atomic mass is 79.9. The van der Waals surface area contributed by atoms with Gasteiger partial charge in [0.25, 0.3) is 0 Å². The molecule has 11 heavy (non-hydrogen) atoms. The molecule has 0 amide bonds. The number of nitrogens with zero attached hydrogens (tertiary/aromatic N) is 1. The van der Waals surface area contributed by atoms with E-state index in [2.05, 4.69) is 25.6 Å². The van der Waals surface area contributed by atoms with Gasteiger partial charge in [0.1, 0.15) is 0 Å². The van der Waals surface area contributed by atoms with Gasteiger partial charge in [0.2, 0.25) is 10.0 Å².